The van der Waals surface area contributed by atoms with Crippen LogP contribution in [0.25, 0.3) is 0 Å². The number of thioether (sulfide) groups is 1. The lowest BCUT2D eigenvalue weighted by molar-refractivity contribution is -0.116. The van der Waals surface area contributed by atoms with Crippen molar-refractivity contribution in [3.05, 3.63) is 40.6 Å². The summed E-state index contributed by atoms with van der Waals surface area (Å²) in [6.07, 6.45) is 0. The first-order valence-corrected chi connectivity index (χ1v) is 12.1. The summed E-state index contributed by atoms with van der Waals surface area (Å²) in [6, 6.07) is 8.62. The van der Waals surface area contributed by atoms with Gasteiger partial charge in [0.15, 0.2) is 0 Å². The Morgan fingerprint density at radius 2 is 2.04 bits per heavy atom. The number of rotatable bonds is 5. The van der Waals surface area contributed by atoms with Crippen LogP contribution in [0.2, 0.25) is 0 Å². The summed E-state index contributed by atoms with van der Waals surface area (Å²) in [6.45, 7) is 8.14. The Hall–Kier alpha value is -1.35. The van der Waals surface area contributed by atoms with Gasteiger partial charge in [0.25, 0.3) is 0 Å². The molecule has 1 aromatic heterocycles. The van der Waals surface area contributed by atoms with Crippen molar-refractivity contribution in [2.75, 3.05) is 11.4 Å². The largest absolute Gasteiger partial charge is 0.310 e. The second-order valence-corrected chi connectivity index (χ2v) is 11.2. The van der Waals surface area contributed by atoms with E-state index in [-0.39, 0.29) is 28.0 Å². The molecule has 0 saturated carbocycles. The van der Waals surface area contributed by atoms with E-state index in [2.05, 4.69) is 11.6 Å². The molecule has 1 aromatic carbocycles. The van der Waals surface area contributed by atoms with Gasteiger partial charge in [-0.15, -0.1) is 23.1 Å². The Morgan fingerprint density at radius 3 is 2.63 bits per heavy atom. The third-order valence-electron chi connectivity index (χ3n) is 4.48. The van der Waals surface area contributed by atoms with E-state index in [1.165, 1.54) is 18.3 Å². The fraction of sp³-hybridized carbons (Fsp3) is 0.421. The topological polar surface area (TPSA) is 66.5 Å². The molecular weight excluding hydrogens is 400 g/mol. The van der Waals surface area contributed by atoms with Gasteiger partial charge >= 0.3 is 0 Å². The normalized spacial score (nSPS) is 18.4. The number of thiophene rings is 1. The lowest BCUT2D eigenvalue weighted by Gasteiger charge is -2.32. The third-order valence-corrected chi connectivity index (χ3v) is 8.02. The lowest BCUT2D eigenvalue weighted by Crippen LogP contribution is -2.37. The van der Waals surface area contributed by atoms with E-state index in [4.69, 9.17) is 0 Å². The summed E-state index contributed by atoms with van der Waals surface area (Å²) in [5.74, 6) is 0.0331. The van der Waals surface area contributed by atoms with Crippen LogP contribution in [0, 0.1) is 5.92 Å². The molecular formula is C19H24N2O3S3. The van der Waals surface area contributed by atoms with Crippen molar-refractivity contribution < 1.29 is 13.2 Å². The number of fused-ring (bicyclic) bond motifs is 1. The molecule has 3 rings (SSSR count). The molecule has 0 aliphatic carbocycles. The zero-order chi connectivity index (χ0) is 19.8. The number of hydrogen-bond acceptors (Lipinski definition) is 5. The quantitative estimate of drug-likeness (QED) is 0.778. The maximum atomic E-state index is 13.1. The average Bonchev–Trinajstić information content (AvgIpc) is 3.12. The second-order valence-electron chi connectivity index (χ2n) is 7.05. The van der Waals surface area contributed by atoms with Crippen LogP contribution in [0.15, 0.2) is 45.5 Å². The standard InChI is InChI=1S/C19H24N2O3S3/c1-12(2)19(18-6-5-9-25-18)20-27(23,24)15-7-8-17-16(10-15)21(14(4)22)11-13(3)26-17/h5-10,12-13,19-20H,11H2,1-4H3. The molecule has 0 bridgehead atoms. The monoisotopic (exact) mass is 424 g/mol. The molecule has 2 aromatic rings. The summed E-state index contributed by atoms with van der Waals surface area (Å²) in [5, 5.41) is 2.22. The molecule has 1 aliphatic heterocycles. The van der Waals surface area contributed by atoms with Gasteiger partial charge in [-0.05, 0) is 35.6 Å². The number of hydrogen-bond donors (Lipinski definition) is 1. The Labute approximate surface area is 169 Å². The first-order valence-electron chi connectivity index (χ1n) is 8.83. The number of carbonyl (C=O) groups is 1. The molecule has 2 atom stereocenters. The van der Waals surface area contributed by atoms with Crippen LogP contribution in [-0.4, -0.2) is 26.1 Å². The van der Waals surface area contributed by atoms with Gasteiger partial charge < -0.3 is 4.90 Å². The van der Waals surface area contributed by atoms with Crippen LogP contribution in [0.1, 0.15) is 38.6 Å². The van der Waals surface area contributed by atoms with Crippen LogP contribution in [0.5, 0.6) is 0 Å². The highest BCUT2D eigenvalue weighted by molar-refractivity contribution is 8.00. The SMILES string of the molecule is CC(=O)N1CC(C)Sc2ccc(S(=O)(=O)NC(c3cccs3)C(C)C)cc21. The summed E-state index contributed by atoms with van der Waals surface area (Å²) in [5.41, 5.74) is 0.672. The summed E-state index contributed by atoms with van der Waals surface area (Å²) in [7, 11) is -3.72. The van der Waals surface area contributed by atoms with E-state index < -0.39 is 10.0 Å². The maximum absolute atomic E-state index is 13.1. The lowest BCUT2D eigenvalue weighted by atomic mass is 10.0. The highest BCUT2D eigenvalue weighted by Crippen LogP contribution is 2.40. The minimum absolute atomic E-state index is 0.0791. The van der Waals surface area contributed by atoms with Gasteiger partial charge in [-0.3, -0.25) is 4.79 Å². The molecule has 2 unspecified atom stereocenters. The Morgan fingerprint density at radius 1 is 1.30 bits per heavy atom. The van der Waals surface area contributed by atoms with E-state index in [1.807, 2.05) is 31.4 Å². The molecule has 27 heavy (non-hydrogen) atoms. The van der Waals surface area contributed by atoms with Gasteiger partial charge in [-0.25, -0.2) is 13.1 Å². The molecule has 8 heteroatoms. The maximum Gasteiger partial charge on any atom is 0.241 e. The number of carbonyl (C=O) groups excluding carboxylic acids is 1. The summed E-state index contributed by atoms with van der Waals surface area (Å²) in [4.78, 5) is 15.8. The zero-order valence-corrected chi connectivity index (χ0v) is 18.2. The number of amides is 1. The summed E-state index contributed by atoms with van der Waals surface area (Å²) >= 11 is 3.20. The predicted octanol–water partition coefficient (Wildman–Crippen LogP) is 4.27. The van der Waals surface area contributed by atoms with Crippen molar-refractivity contribution in [3.63, 3.8) is 0 Å². The van der Waals surface area contributed by atoms with E-state index in [0.717, 1.165) is 9.77 Å². The molecule has 0 fully saturated rings. The van der Waals surface area contributed by atoms with Crippen molar-refractivity contribution in [2.24, 2.45) is 5.92 Å². The number of nitrogens with one attached hydrogen (secondary N) is 1. The Balaban J connectivity index is 1.96. The van der Waals surface area contributed by atoms with E-state index in [0.29, 0.717) is 12.2 Å². The van der Waals surface area contributed by atoms with Crippen LogP contribution in [0.4, 0.5) is 5.69 Å². The second kappa shape index (κ2) is 7.95. The smallest absolute Gasteiger partial charge is 0.241 e. The molecule has 0 spiro atoms. The van der Waals surface area contributed by atoms with Gasteiger partial charge in [-0.2, -0.15) is 0 Å². The molecule has 146 valence electrons. The first kappa shape index (κ1) is 20.4. The third kappa shape index (κ3) is 4.39. The Kier molecular flexibility index (Phi) is 6.00. The number of sulfonamides is 1. The fourth-order valence-electron chi connectivity index (χ4n) is 3.11. The number of benzene rings is 1. The minimum Gasteiger partial charge on any atom is -0.310 e. The van der Waals surface area contributed by atoms with Crippen LogP contribution >= 0.6 is 23.1 Å². The van der Waals surface area contributed by atoms with Gasteiger partial charge in [0.2, 0.25) is 15.9 Å². The van der Waals surface area contributed by atoms with Crippen molar-refractivity contribution in [3.8, 4) is 0 Å². The molecule has 0 saturated heterocycles. The van der Waals surface area contributed by atoms with E-state index in [9.17, 15) is 13.2 Å². The van der Waals surface area contributed by atoms with Gasteiger partial charge in [-0.1, -0.05) is 26.8 Å². The van der Waals surface area contributed by atoms with E-state index >= 15 is 0 Å². The Bertz CT molecular complexity index is 924. The van der Waals surface area contributed by atoms with Gasteiger partial charge in [0.1, 0.15) is 0 Å². The molecule has 1 N–H and O–H groups in total. The van der Waals surface area contributed by atoms with E-state index in [1.54, 1.807) is 34.9 Å². The average molecular weight is 425 g/mol. The molecule has 1 amide bonds. The molecule has 5 nitrogen and oxygen atoms in total. The van der Waals surface area contributed by atoms with Gasteiger partial charge in [0.05, 0.1) is 16.6 Å². The number of nitrogens with zero attached hydrogens (tertiary/aromatic N) is 1. The van der Waals surface area contributed by atoms with Gasteiger partial charge in [0, 0.05) is 28.5 Å². The first-order chi connectivity index (χ1) is 12.7. The minimum atomic E-state index is -3.72. The molecule has 1 aliphatic rings. The molecule has 2 heterocycles. The highest BCUT2D eigenvalue weighted by Gasteiger charge is 2.29. The van der Waals surface area contributed by atoms with Crippen molar-refractivity contribution in [2.45, 2.75) is 48.8 Å². The fourth-order valence-corrected chi connectivity index (χ4v) is 6.61. The highest BCUT2D eigenvalue weighted by atomic mass is 32.2. The van der Waals surface area contributed by atoms with Crippen molar-refractivity contribution in [1.82, 2.24) is 4.72 Å². The zero-order valence-electron chi connectivity index (χ0n) is 15.8. The van der Waals surface area contributed by atoms with Crippen LogP contribution in [-0.2, 0) is 14.8 Å². The van der Waals surface area contributed by atoms with Crippen molar-refractivity contribution >= 4 is 44.7 Å². The van der Waals surface area contributed by atoms with Crippen LogP contribution in [0.3, 0.4) is 0 Å². The number of anilines is 1. The molecule has 0 radical (unpaired) electrons. The van der Waals surface area contributed by atoms with Crippen molar-refractivity contribution in [1.29, 1.82) is 0 Å². The predicted molar refractivity (Wildman–Crippen MR) is 112 cm³/mol. The summed E-state index contributed by atoms with van der Waals surface area (Å²) < 4.78 is 28.9. The van der Waals surface area contributed by atoms with Crippen LogP contribution < -0.4 is 9.62 Å².